The maximum Gasteiger partial charge on any atom is 0.258 e. The predicted octanol–water partition coefficient (Wildman–Crippen LogP) is 2.79. The molecule has 8 heteroatoms. The molecular weight excluding hydrogens is 409 g/mol. The molecule has 2 atom stereocenters. The number of rotatable bonds is 7. The van der Waals surface area contributed by atoms with Gasteiger partial charge in [-0.2, -0.15) is 0 Å². The largest absolute Gasteiger partial charge is 0.484 e. The SMILES string of the molecule is CC(C)C1CCC(C(=O)NC23CC(NC(=O)COc4ccc(Cl)c(F)c4)(C2)C3)CN1. The summed E-state index contributed by atoms with van der Waals surface area (Å²) >= 11 is 5.64. The Hall–Kier alpha value is -1.86. The van der Waals surface area contributed by atoms with Crippen LogP contribution in [0.5, 0.6) is 5.75 Å². The zero-order valence-electron chi connectivity index (χ0n) is 17.4. The summed E-state index contributed by atoms with van der Waals surface area (Å²) in [6.07, 6.45) is 4.20. The van der Waals surface area contributed by atoms with E-state index in [0.29, 0.717) is 12.0 Å². The first-order chi connectivity index (χ1) is 14.2. The molecule has 3 aliphatic carbocycles. The molecule has 2 bridgehead atoms. The lowest BCUT2D eigenvalue weighted by atomic mass is 9.44. The van der Waals surface area contributed by atoms with Gasteiger partial charge in [-0.15, -0.1) is 0 Å². The highest BCUT2D eigenvalue weighted by Crippen LogP contribution is 2.60. The Bertz CT molecular complexity index is 819. The van der Waals surface area contributed by atoms with Crippen LogP contribution < -0.4 is 20.7 Å². The average Bonchev–Trinajstić information content (AvgIpc) is 2.66. The molecule has 3 N–H and O–H groups in total. The van der Waals surface area contributed by atoms with Crippen molar-refractivity contribution < 1.29 is 18.7 Å². The van der Waals surface area contributed by atoms with E-state index in [2.05, 4.69) is 29.8 Å². The van der Waals surface area contributed by atoms with Crippen LogP contribution in [0, 0.1) is 17.7 Å². The molecule has 5 rings (SSSR count). The molecular formula is C22H29ClFN3O3. The summed E-state index contributed by atoms with van der Waals surface area (Å²) in [4.78, 5) is 24.9. The number of carbonyl (C=O) groups is 2. The van der Waals surface area contributed by atoms with Gasteiger partial charge in [0.2, 0.25) is 5.91 Å². The second-order valence-corrected chi connectivity index (χ2v) is 9.93. The molecule has 1 aromatic rings. The maximum absolute atomic E-state index is 13.4. The highest BCUT2D eigenvalue weighted by molar-refractivity contribution is 6.30. The van der Waals surface area contributed by atoms with E-state index in [1.807, 2.05) is 0 Å². The number of hydrogen-bond acceptors (Lipinski definition) is 4. The minimum Gasteiger partial charge on any atom is -0.484 e. The van der Waals surface area contributed by atoms with Crippen molar-refractivity contribution in [2.75, 3.05) is 13.2 Å². The third-order valence-corrected chi connectivity index (χ3v) is 7.02. The lowest BCUT2D eigenvalue weighted by Gasteiger charge is -2.70. The standard InChI is InChI=1S/C22H29ClFN3O3/c1-13(2)18-6-3-14(8-25-18)20(29)27-22-10-21(11-22,12-22)26-19(28)9-30-15-4-5-16(23)17(24)7-15/h4-5,7,13-14,18,25H,3,6,8-12H2,1-2H3,(H,26,28)(H,27,29). The Morgan fingerprint density at radius 3 is 2.53 bits per heavy atom. The van der Waals surface area contributed by atoms with E-state index in [1.165, 1.54) is 12.1 Å². The van der Waals surface area contributed by atoms with E-state index in [1.54, 1.807) is 0 Å². The van der Waals surface area contributed by atoms with Crippen LogP contribution in [0.25, 0.3) is 0 Å². The fraction of sp³-hybridized carbons (Fsp3) is 0.636. The van der Waals surface area contributed by atoms with Crippen molar-refractivity contribution in [1.29, 1.82) is 0 Å². The van der Waals surface area contributed by atoms with Crippen LogP contribution in [0.4, 0.5) is 4.39 Å². The number of carbonyl (C=O) groups excluding carboxylic acids is 2. The summed E-state index contributed by atoms with van der Waals surface area (Å²) in [7, 11) is 0. The molecule has 6 nitrogen and oxygen atoms in total. The van der Waals surface area contributed by atoms with Gasteiger partial charge in [-0.3, -0.25) is 9.59 Å². The zero-order chi connectivity index (χ0) is 21.5. The Kier molecular flexibility index (Phi) is 5.70. The van der Waals surface area contributed by atoms with Gasteiger partial charge in [0.25, 0.3) is 5.91 Å². The average molecular weight is 438 g/mol. The van der Waals surface area contributed by atoms with Crippen molar-refractivity contribution in [3.8, 4) is 5.75 Å². The molecule has 2 amide bonds. The molecule has 3 saturated carbocycles. The lowest BCUT2D eigenvalue weighted by molar-refractivity contribution is -0.152. The number of amides is 2. The molecule has 0 radical (unpaired) electrons. The first-order valence-corrected chi connectivity index (χ1v) is 11.0. The van der Waals surface area contributed by atoms with Crippen molar-refractivity contribution in [2.24, 2.45) is 11.8 Å². The molecule has 1 aromatic carbocycles. The second kappa shape index (κ2) is 8.00. The summed E-state index contributed by atoms with van der Waals surface area (Å²) < 4.78 is 18.8. The van der Waals surface area contributed by atoms with Crippen LogP contribution in [0.1, 0.15) is 46.0 Å². The lowest BCUT2D eigenvalue weighted by Crippen LogP contribution is -2.84. The van der Waals surface area contributed by atoms with Gasteiger partial charge in [0, 0.05) is 29.7 Å². The Balaban J connectivity index is 1.18. The topological polar surface area (TPSA) is 79.5 Å². The molecule has 2 unspecified atom stereocenters. The number of halogens is 2. The summed E-state index contributed by atoms with van der Waals surface area (Å²) in [5.74, 6) is 0.151. The molecule has 0 aromatic heterocycles. The molecule has 0 spiro atoms. The van der Waals surface area contributed by atoms with Crippen molar-refractivity contribution in [2.45, 2.75) is 63.1 Å². The molecule has 164 valence electrons. The molecule has 1 saturated heterocycles. The van der Waals surface area contributed by atoms with E-state index >= 15 is 0 Å². The van der Waals surface area contributed by atoms with Crippen molar-refractivity contribution in [1.82, 2.24) is 16.0 Å². The van der Waals surface area contributed by atoms with Gasteiger partial charge in [0.15, 0.2) is 6.61 Å². The van der Waals surface area contributed by atoms with Crippen molar-refractivity contribution in [3.05, 3.63) is 29.0 Å². The molecule has 1 heterocycles. The summed E-state index contributed by atoms with van der Waals surface area (Å²) in [5, 5.41) is 9.73. The molecule has 30 heavy (non-hydrogen) atoms. The van der Waals surface area contributed by atoms with E-state index in [4.69, 9.17) is 16.3 Å². The Morgan fingerprint density at radius 1 is 1.23 bits per heavy atom. The number of hydrogen-bond donors (Lipinski definition) is 3. The second-order valence-electron chi connectivity index (χ2n) is 9.53. The first kappa shape index (κ1) is 21.4. The van der Waals surface area contributed by atoms with Gasteiger partial charge < -0.3 is 20.7 Å². The first-order valence-electron chi connectivity index (χ1n) is 10.6. The van der Waals surface area contributed by atoms with Crippen LogP contribution in [0.3, 0.4) is 0 Å². The normalized spacial score (nSPS) is 32.0. The van der Waals surface area contributed by atoms with E-state index in [9.17, 15) is 14.0 Å². The third kappa shape index (κ3) is 4.28. The number of piperidine rings is 1. The minimum absolute atomic E-state index is 0.0109. The Labute approximate surface area is 181 Å². The highest BCUT2D eigenvalue weighted by Gasteiger charge is 2.69. The van der Waals surface area contributed by atoms with Crippen LogP contribution in [-0.2, 0) is 9.59 Å². The Morgan fingerprint density at radius 2 is 1.93 bits per heavy atom. The van der Waals surface area contributed by atoms with Gasteiger partial charge in [-0.25, -0.2) is 4.39 Å². The summed E-state index contributed by atoms with van der Waals surface area (Å²) in [6, 6.07) is 4.56. The monoisotopic (exact) mass is 437 g/mol. The van der Waals surface area contributed by atoms with E-state index in [0.717, 1.165) is 44.7 Å². The summed E-state index contributed by atoms with van der Waals surface area (Å²) in [6.45, 7) is 4.95. The van der Waals surface area contributed by atoms with Gasteiger partial charge in [0.05, 0.1) is 10.9 Å². The maximum atomic E-state index is 13.4. The predicted molar refractivity (Wildman–Crippen MR) is 112 cm³/mol. The van der Waals surface area contributed by atoms with Crippen LogP contribution in [0.2, 0.25) is 5.02 Å². The van der Waals surface area contributed by atoms with Crippen molar-refractivity contribution >= 4 is 23.4 Å². The quantitative estimate of drug-likeness (QED) is 0.612. The van der Waals surface area contributed by atoms with Crippen molar-refractivity contribution in [3.63, 3.8) is 0 Å². The molecule has 4 fully saturated rings. The minimum atomic E-state index is -0.584. The van der Waals surface area contributed by atoms with Crippen LogP contribution in [-0.4, -0.2) is 42.1 Å². The van der Waals surface area contributed by atoms with Crippen LogP contribution >= 0.6 is 11.6 Å². The highest BCUT2D eigenvalue weighted by atomic mass is 35.5. The van der Waals surface area contributed by atoms with Gasteiger partial charge >= 0.3 is 0 Å². The van der Waals surface area contributed by atoms with Crippen LogP contribution in [0.15, 0.2) is 18.2 Å². The number of nitrogens with one attached hydrogen (secondary N) is 3. The third-order valence-electron chi connectivity index (χ3n) is 6.71. The number of benzene rings is 1. The zero-order valence-corrected chi connectivity index (χ0v) is 18.2. The van der Waals surface area contributed by atoms with Gasteiger partial charge in [-0.05, 0) is 50.2 Å². The van der Waals surface area contributed by atoms with E-state index < -0.39 is 5.82 Å². The smallest absolute Gasteiger partial charge is 0.258 e. The number of ether oxygens (including phenoxy) is 1. The fourth-order valence-electron chi connectivity index (χ4n) is 5.14. The molecule has 4 aliphatic rings. The van der Waals surface area contributed by atoms with Gasteiger partial charge in [0.1, 0.15) is 11.6 Å². The summed E-state index contributed by atoms with van der Waals surface area (Å²) in [5.41, 5.74) is -0.411. The molecule has 1 aliphatic heterocycles. The van der Waals surface area contributed by atoms with Gasteiger partial charge in [-0.1, -0.05) is 25.4 Å². The fourth-order valence-corrected chi connectivity index (χ4v) is 5.25. The van der Waals surface area contributed by atoms with E-state index in [-0.39, 0.29) is 46.2 Å².